The molecule has 320 valence electrons. The van der Waals surface area contributed by atoms with Crippen molar-refractivity contribution in [1.29, 1.82) is 0 Å². The van der Waals surface area contributed by atoms with Gasteiger partial charge in [-0.1, -0.05) is 44.9 Å². The van der Waals surface area contributed by atoms with E-state index in [0.29, 0.717) is 29.8 Å². The molecular weight excluding hydrogens is 785 g/mol. The van der Waals surface area contributed by atoms with Crippen LogP contribution in [0.2, 0.25) is 18.1 Å². The highest BCUT2D eigenvalue weighted by Gasteiger charge is 2.49. The first-order valence-electron chi connectivity index (χ1n) is 21.3. The van der Waals surface area contributed by atoms with Crippen LogP contribution in [0.1, 0.15) is 112 Å². The second-order valence-electron chi connectivity index (χ2n) is 18.4. The van der Waals surface area contributed by atoms with Gasteiger partial charge in [0.15, 0.2) is 26.3 Å². The van der Waals surface area contributed by atoms with Crippen LogP contribution in [-0.2, 0) is 32.7 Å². The first kappa shape index (κ1) is 43.2. The first-order valence-corrected chi connectivity index (χ1v) is 25.1. The van der Waals surface area contributed by atoms with Crippen molar-refractivity contribution in [2.45, 2.75) is 133 Å². The Bertz CT molecular complexity index is 2120. The number of carbonyl (C=O) groups excluding carboxylic acids is 1. The highest BCUT2D eigenvalue weighted by atomic mass is 32.1. The summed E-state index contributed by atoms with van der Waals surface area (Å²) in [5.74, 6) is -0.946. The molecule has 2 atom stereocenters. The molecule has 0 radical (unpaired) electrons. The van der Waals surface area contributed by atoms with Crippen LogP contribution in [0, 0.1) is 5.92 Å². The summed E-state index contributed by atoms with van der Waals surface area (Å²) < 4.78 is 14.8. The number of hydrogen-bond acceptors (Lipinski definition) is 11. The fraction of sp³-hybridized carbons (Fsp3) is 0.591. The van der Waals surface area contributed by atoms with Gasteiger partial charge in [-0.2, -0.15) is 0 Å². The van der Waals surface area contributed by atoms with Crippen LogP contribution < -0.4 is 15.4 Å². The van der Waals surface area contributed by atoms with E-state index in [1.165, 1.54) is 11.3 Å². The number of nitrogens with zero attached hydrogens (tertiary/aromatic N) is 4. The van der Waals surface area contributed by atoms with E-state index in [-0.39, 0.29) is 46.9 Å². The van der Waals surface area contributed by atoms with E-state index in [1.54, 1.807) is 6.07 Å². The number of anilines is 1. The number of aromatic nitrogens is 3. The number of aryl methyl sites for hydroxylation is 1. The van der Waals surface area contributed by atoms with Gasteiger partial charge in [-0.25, -0.2) is 9.48 Å². The molecule has 4 aromatic rings. The van der Waals surface area contributed by atoms with Crippen molar-refractivity contribution in [2.24, 2.45) is 5.92 Å². The lowest BCUT2D eigenvalue weighted by Gasteiger charge is -2.40. The molecule has 2 aromatic carbocycles. The number of phenolic OH excluding ortho intramolecular Hbond substituents is 1. The van der Waals surface area contributed by atoms with Crippen LogP contribution in [0.3, 0.4) is 0 Å². The van der Waals surface area contributed by atoms with Crippen LogP contribution in [0.4, 0.5) is 5.69 Å². The van der Waals surface area contributed by atoms with Crippen molar-refractivity contribution in [1.82, 2.24) is 25.2 Å². The Morgan fingerprint density at radius 2 is 1.86 bits per heavy atom. The molecule has 5 N–H and O–H groups in total. The Hall–Kier alpha value is -3.86. The standard InChI is InChI=1S/C44H62N6O7SSi/c1-43(2,3)59(5,6)57-37(33-17-19-36(51)39-40(33)56-27-38(52)46-39)26-45-25-28-12-18-35-34(24-28)47-48-50(35)22-9-21-49(4)31-15-13-29(14-16-31)32-20-23-58-41(32)44(55,42(53)54)30-10-7-8-11-30/h12,17-20,23-24,29-31,37,45,51,55H,7-11,13-16,21-22,25-27H2,1-6H3,(H,46,52)(H,53,54)/t29?,31?,37-,44+/m0/s1. The molecule has 0 spiro atoms. The fourth-order valence-electron chi connectivity index (χ4n) is 9.05. The third-order valence-electron chi connectivity index (χ3n) is 13.6. The predicted molar refractivity (Wildman–Crippen MR) is 233 cm³/mol. The number of thiophene rings is 1. The maximum atomic E-state index is 12.5. The third-order valence-corrected chi connectivity index (χ3v) is 19.1. The van der Waals surface area contributed by atoms with Crippen molar-refractivity contribution >= 4 is 48.3 Å². The minimum atomic E-state index is -2.24. The number of amides is 1. The number of nitrogens with one attached hydrogen (secondary N) is 2. The van der Waals surface area contributed by atoms with Gasteiger partial charge in [-0.15, -0.1) is 16.4 Å². The Morgan fingerprint density at radius 3 is 2.58 bits per heavy atom. The Morgan fingerprint density at radius 1 is 1.12 bits per heavy atom. The number of aromatic hydroxyl groups is 1. The minimum Gasteiger partial charge on any atom is -0.506 e. The fourth-order valence-corrected chi connectivity index (χ4v) is 11.5. The highest BCUT2D eigenvalue weighted by molar-refractivity contribution is 7.10. The molecular formula is C44H62N6O7SSi. The number of aliphatic carboxylic acids is 1. The van der Waals surface area contributed by atoms with Gasteiger partial charge in [0.1, 0.15) is 17.0 Å². The lowest BCUT2D eigenvalue weighted by Crippen LogP contribution is -2.43. The Kier molecular flexibility index (Phi) is 12.9. The number of carboxylic acids is 1. The topological polar surface area (TPSA) is 171 Å². The van der Waals surface area contributed by atoms with Gasteiger partial charge in [-0.3, -0.25) is 4.79 Å². The smallest absolute Gasteiger partial charge is 0.341 e. The second-order valence-corrected chi connectivity index (χ2v) is 24.1. The van der Waals surface area contributed by atoms with E-state index in [9.17, 15) is 24.9 Å². The van der Waals surface area contributed by atoms with Crippen molar-refractivity contribution in [3.8, 4) is 11.5 Å². The number of hydrogen-bond donors (Lipinski definition) is 5. The van der Waals surface area contributed by atoms with E-state index in [1.807, 2.05) is 16.1 Å². The highest BCUT2D eigenvalue weighted by Crippen LogP contribution is 2.48. The zero-order valence-electron chi connectivity index (χ0n) is 35.4. The van der Waals surface area contributed by atoms with Crippen LogP contribution in [0.25, 0.3) is 11.0 Å². The number of phenols is 1. The molecule has 1 amide bonds. The van der Waals surface area contributed by atoms with Gasteiger partial charge >= 0.3 is 5.97 Å². The number of benzene rings is 2. The lowest BCUT2D eigenvalue weighted by atomic mass is 9.76. The molecule has 1 aliphatic heterocycles. The normalized spacial score (nSPS) is 20.6. The summed E-state index contributed by atoms with van der Waals surface area (Å²) in [5.41, 5.74) is 3.24. The average Bonchev–Trinajstić information content (AvgIpc) is 4.00. The van der Waals surface area contributed by atoms with Crippen molar-refractivity contribution < 1.29 is 34.1 Å². The van der Waals surface area contributed by atoms with Gasteiger partial charge in [0, 0.05) is 37.2 Å². The van der Waals surface area contributed by atoms with Crippen molar-refractivity contribution in [3.63, 3.8) is 0 Å². The minimum absolute atomic E-state index is 0.0335. The maximum absolute atomic E-state index is 12.5. The van der Waals surface area contributed by atoms with E-state index >= 15 is 0 Å². The summed E-state index contributed by atoms with van der Waals surface area (Å²) in [6.45, 7) is 13.7. The molecule has 13 nitrogen and oxygen atoms in total. The Labute approximate surface area is 352 Å². The second kappa shape index (κ2) is 17.6. The SMILES string of the molecule is CN(CCCn1nnc2cc(CNC[C@H](O[Si](C)(C)C(C)(C)C)c3ccc(O)c4c3OCC(=O)N4)ccc21)C1CCC(c2ccsc2[C@@](O)(C(=O)O)C2CCCC2)CC1. The molecule has 3 heterocycles. The summed E-state index contributed by atoms with van der Waals surface area (Å²) >= 11 is 1.41. The first-order chi connectivity index (χ1) is 28.1. The molecule has 59 heavy (non-hydrogen) atoms. The van der Waals surface area contributed by atoms with Crippen LogP contribution in [0.5, 0.6) is 11.5 Å². The van der Waals surface area contributed by atoms with Crippen molar-refractivity contribution in [2.75, 3.05) is 32.1 Å². The van der Waals surface area contributed by atoms with E-state index in [4.69, 9.17) is 9.16 Å². The predicted octanol–water partition coefficient (Wildman–Crippen LogP) is 7.89. The van der Waals surface area contributed by atoms with Gasteiger partial charge < -0.3 is 40.0 Å². The van der Waals surface area contributed by atoms with Crippen LogP contribution >= 0.6 is 11.3 Å². The summed E-state index contributed by atoms with van der Waals surface area (Å²) in [7, 11) is -0.0353. The number of fused-ring (bicyclic) bond motifs is 2. The number of carbonyl (C=O) groups is 2. The molecule has 7 rings (SSSR count). The molecule has 2 aliphatic carbocycles. The Balaban J connectivity index is 0.923. The van der Waals surface area contributed by atoms with Crippen LogP contribution in [-0.4, -0.2) is 88.2 Å². The van der Waals surface area contributed by atoms with E-state index in [2.05, 4.69) is 91.0 Å². The maximum Gasteiger partial charge on any atom is 0.341 e. The summed E-state index contributed by atoms with van der Waals surface area (Å²) in [5, 5.41) is 49.6. The molecule has 3 aliphatic rings. The quantitative estimate of drug-likeness (QED) is 0.0549. The zero-order valence-corrected chi connectivity index (χ0v) is 37.2. The average molecular weight is 847 g/mol. The van der Waals surface area contributed by atoms with Gasteiger partial charge in [0.05, 0.1) is 16.5 Å². The molecule has 2 fully saturated rings. The monoisotopic (exact) mass is 846 g/mol. The molecule has 2 aromatic heterocycles. The molecule has 0 unspecified atom stereocenters. The van der Waals surface area contributed by atoms with Gasteiger partial charge in [0.25, 0.3) is 5.91 Å². The number of rotatable bonds is 16. The molecule has 15 heteroatoms. The lowest BCUT2D eigenvalue weighted by molar-refractivity contribution is -0.166. The van der Waals surface area contributed by atoms with Crippen molar-refractivity contribution in [3.05, 3.63) is 63.3 Å². The van der Waals surface area contributed by atoms with E-state index in [0.717, 1.165) is 98.6 Å². The summed E-state index contributed by atoms with van der Waals surface area (Å²) in [4.78, 5) is 27.7. The molecule has 0 bridgehead atoms. The number of aliphatic hydroxyl groups is 1. The number of ether oxygens (including phenoxy) is 1. The summed E-state index contributed by atoms with van der Waals surface area (Å²) in [6.07, 6.45) is 8.11. The summed E-state index contributed by atoms with van der Waals surface area (Å²) in [6, 6.07) is 12.2. The number of carboxylic acid groups (broad SMARTS) is 1. The third kappa shape index (κ3) is 9.10. The largest absolute Gasteiger partial charge is 0.506 e. The molecule has 0 saturated heterocycles. The van der Waals surface area contributed by atoms with E-state index < -0.39 is 19.9 Å². The zero-order chi connectivity index (χ0) is 42.1. The molecule has 2 saturated carbocycles. The van der Waals surface area contributed by atoms with Crippen LogP contribution in [0.15, 0.2) is 41.8 Å². The van der Waals surface area contributed by atoms with Gasteiger partial charge in [-0.05, 0) is 129 Å². The van der Waals surface area contributed by atoms with Gasteiger partial charge in [0.2, 0.25) is 0 Å².